The Morgan fingerprint density at radius 3 is 2.27 bits per heavy atom. The molecular weight excluding hydrogens is 298 g/mol. The Hall–Kier alpha value is -2.08. The average Bonchev–Trinajstić information content (AvgIpc) is 3.06. The second-order valence-corrected chi connectivity index (χ2v) is 6.29. The van der Waals surface area contributed by atoms with Crippen LogP contribution in [0.5, 0.6) is 0 Å². The number of benzene rings is 1. The first-order valence-corrected chi connectivity index (χ1v) is 7.97. The Bertz CT molecular complexity index is 651. The molecule has 0 N–H and O–H groups in total. The molecule has 0 bridgehead atoms. The SMILES string of the molecule is CC(C)C(=O)c1ccc([C@H](C)C(=O)N(C)c2nncs2)cc1. The maximum atomic E-state index is 12.5. The summed E-state index contributed by atoms with van der Waals surface area (Å²) in [5.41, 5.74) is 3.15. The highest BCUT2D eigenvalue weighted by atomic mass is 32.1. The Morgan fingerprint density at radius 2 is 1.77 bits per heavy atom. The van der Waals surface area contributed by atoms with Crippen LogP contribution in [-0.2, 0) is 4.79 Å². The lowest BCUT2D eigenvalue weighted by atomic mass is 9.95. The molecule has 0 unspecified atom stereocenters. The first-order valence-electron chi connectivity index (χ1n) is 7.09. The highest BCUT2D eigenvalue weighted by Gasteiger charge is 2.22. The Balaban J connectivity index is 2.14. The van der Waals surface area contributed by atoms with Crippen molar-refractivity contribution in [2.75, 3.05) is 11.9 Å². The van der Waals surface area contributed by atoms with Crippen LogP contribution in [-0.4, -0.2) is 28.9 Å². The summed E-state index contributed by atoms with van der Waals surface area (Å²) in [7, 11) is 1.69. The topological polar surface area (TPSA) is 63.2 Å². The molecule has 0 aliphatic carbocycles. The first-order chi connectivity index (χ1) is 10.4. The van der Waals surface area contributed by atoms with Gasteiger partial charge in [-0.1, -0.05) is 49.4 Å². The van der Waals surface area contributed by atoms with E-state index in [0.717, 1.165) is 5.56 Å². The van der Waals surface area contributed by atoms with Gasteiger partial charge < -0.3 is 0 Å². The molecule has 0 aliphatic heterocycles. The number of ketones is 1. The Morgan fingerprint density at radius 1 is 1.14 bits per heavy atom. The van der Waals surface area contributed by atoms with Gasteiger partial charge >= 0.3 is 0 Å². The number of nitrogens with zero attached hydrogens (tertiary/aromatic N) is 3. The number of rotatable bonds is 5. The monoisotopic (exact) mass is 317 g/mol. The van der Waals surface area contributed by atoms with Crippen molar-refractivity contribution >= 4 is 28.2 Å². The molecule has 0 spiro atoms. The van der Waals surface area contributed by atoms with Crippen molar-refractivity contribution in [2.24, 2.45) is 5.92 Å². The lowest BCUT2D eigenvalue weighted by molar-refractivity contribution is -0.119. The smallest absolute Gasteiger partial charge is 0.235 e. The second-order valence-electron chi connectivity index (χ2n) is 5.48. The zero-order valence-electron chi connectivity index (χ0n) is 13.1. The van der Waals surface area contributed by atoms with Crippen LogP contribution in [0.15, 0.2) is 29.8 Å². The van der Waals surface area contributed by atoms with E-state index in [0.29, 0.717) is 10.7 Å². The van der Waals surface area contributed by atoms with E-state index in [1.807, 2.05) is 32.9 Å². The molecule has 5 nitrogen and oxygen atoms in total. The normalized spacial score (nSPS) is 12.2. The van der Waals surface area contributed by atoms with Crippen LogP contribution in [0.4, 0.5) is 5.13 Å². The predicted molar refractivity (Wildman–Crippen MR) is 87.3 cm³/mol. The lowest BCUT2D eigenvalue weighted by Gasteiger charge is -2.19. The number of amides is 1. The Kier molecular flexibility index (Phi) is 5.03. The summed E-state index contributed by atoms with van der Waals surface area (Å²) in [6.45, 7) is 5.60. The summed E-state index contributed by atoms with van der Waals surface area (Å²) in [6, 6.07) is 7.25. The number of hydrogen-bond donors (Lipinski definition) is 0. The summed E-state index contributed by atoms with van der Waals surface area (Å²) >= 11 is 1.32. The van der Waals surface area contributed by atoms with Crippen molar-refractivity contribution in [3.63, 3.8) is 0 Å². The second kappa shape index (κ2) is 6.79. The van der Waals surface area contributed by atoms with Crippen LogP contribution in [0.25, 0.3) is 0 Å². The van der Waals surface area contributed by atoms with E-state index in [9.17, 15) is 9.59 Å². The van der Waals surface area contributed by atoms with Crippen LogP contribution >= 0.6 is 11.3 Å². The van der Waals surface area contributed by atoms with E-state index in [1.54, 1.807) is 24.7 Å². The fourth-order valence-corrected chi connectivity index (χ4v) is 2.64. The molecule has 0 aliphatic rings. The molecule has 2 rings (SSSR count). The molecule has 6 heteroatoms. The third-order valence-corrected chi connectivity index (χ3v) is 4.32. The van der Waals surface area contributed by atoms with Gasteiger partial charge in [0, 0.05) is 18.5 Å². The van der Waals surface area contributed by atoms with Crippen molar-refractivity contribution < 1.29 is 9.59 Å². The third kappa shape index (κ3) is 3.39. The van der Waals surface area contributed by atoms with Gasteiger partial charge in [-0.3, -0.25) is 14.5 Å². The van der Waals surface area contributed by atoms with Crippen molar-refractivity contribution in [2.45, 2.75) is 26.7 Å². The molecule has 1 aromatic carbocycles. The molecule has 22 heavy (non-hydrogen) atoms. The van der Waals surface area contributed by atoms with Crippen molar-refractivity contribution in [3.05, 3.63) is 40.9 Å². The zero-order valence-corrected chi connectivity index (χ0v) is 13.9. The first kappa shape index (κ1) is 16.3. The molecule has 2 aromatic rings. The van der Waals surface area contributed by atoms with Gasteiger partial charge in [0.1, 0.15) is 5.51 Å². The van der Waals surface area contributed by atoms with Crippen molar-refractivity contribution in [1.82, 2.24) is 10.2 Å². The molecule has 1 amide bonds. The lowest BCUT2D eigenvalue weighted by Crippen LogP contribution is -2.30. The van der Waals surface area contributed by atoms with Gasteiger partial charge in [0.05, 0.1) is 5.92 Å². The van der Waals surface area contributed by atoms with Gasteiger partial charge in [0.15, 0.2) is 5.78 Å². The molecule has 0 fully saturated rings. The highest BCUT2D eigenvalue weighted by Crippen LogP contribution is 2.23. The highest BCUT2D eigenvalue weighted by molar-refractivity contribution is 7.13. The van der Waals surface area contributed by atoms with E-state index in [-0.39, 0.29) is 23.5 Å². The van der Waals surface area contributed by atoms with Gasteiger partial charge in [-0.25, -0.2) is 0 Å². The van der Waals surface area contributed by atoms with Crippen LogP contribution < -0.4 is 4.90 Å². The average molecular weight is 317 g/mol. The van der Waals surface area contributed by atoms with Crippen LogP contribution in [0.3, 0.4) is 0 Å². The van der Waals surface area contributed by atoms with E-state index >= 15 is 0 Å². The van der Waals surface area contributed by atoms with Crippen molar-refractivity contribution in [3.8, 4) is 0 Å². The largest absolute Gasteiger partial charge is 0.294 e. The summed E-state index contributed by atoms with van der Waals surface area (Å²) in [5.74, 6) is -0.290. The molecule has 0 saturated heterocycles. The van der Waals surface area contributed by atoms with Crippen LogP contribution in [0, 0.1) is 5.92 Å². The maximum absolute atomic E-state index is 12.5. The van der Waals surface area contributed by atoms with E-state index < -0.39 is 0 Å². The minimum absolute atomic E-state index is 0.0339. The summed E-state index contributed by atoms with van der Waals surface area (Å²) < 4.78 is 0. The Labute approximate surface area is 134 Å². The maximum Gasteiger partial charge on any atom is 0.235 e. The van der Waals surface area contributed by atoms with E-state index in [1.165, 1.54) is 16.2 Å². The minimum Gasteiger partial charge on any atom is -0.294 e. The summed E-state index contributed by atoms with van der Waals surface area (Å²) in [4.78, 5) is 25.9. The molecule has 116 valence electrons. The number of likely N-dealkylation sites (N-methyl/N-ethyl adjacent to an activating group) is 1. The summed E-state index contributed by atoms with van der Waals surface area (Å²) in [5, 5.41) is 8.21. The van der Waals surface area contributed by atoms with Gasteiger partial charge in [0.2, 0.25) is 11.0 Å². The number of Topliss-reactive ketones (excluding diaryl/α,β-unsaturated/α-hetero) is 1. The number of aromatic nitrogens is 2. The molecule has 1 atom stereocenters. The fourth-order valence-electron chi connectivity index (χ4n) is 2.11. The molecule has 1 heterocycles. The van der Waals surface area contributed by atoms with Crippen LogP contribution in [0.1, 0.15) is 42.6 Å². The number of carbonyl (C=O) groups is 2. The number of hydrogen-bond acceptors (Lipinski definition) is 5. The predicted octanol–water partition coefficient (Wildman–Crippen LogP) is 3.14. The van der Waals surface area contributed by atoms with Crippen LogP contribution in [0.2, 0.25) is 0 Å². The van der Waals surface area contributed by atoms with Gasteiger partial charge in [0.25, 0.3) is 0 Å². The van der Waals surface area contributed by atoms with Gasteiger partial charge in [-0.2, -0.15) is 0 Å². The quantitative estimate of drug-likeness (QED) is 0.795. The van der Waals surface area contributed by atoms with E-state index in [2.05, 4.69) is 10.2 Å². The standard InChI is InChI=1S/C16H19N3O2S/c1-10(2)14(20)13-7-5-12(6-8-13)11(3)15(21)19(4)16-18-17-9-22-16/h5-11H,1-4H3/t11-/m0/s1. The number of anilines is 1. The third-order valence-electron chi connectivity index (χ3n) is 3.56. The number of carbonyl (C=O) groups excluding carboxylic acids is 2. The molecule has 0 radical (unpaired) electrons. The zero-order chi connectivity index (χ0) is 16.3. The molecule has 0 saturated carbocycles. The van der Waals surface area contributed by atoms with Crippen molar-refractivity contribution in [1.29, 1.82) is 0 Å². The van der Waals surface area contributed by atoms with Gasteiger partial charge in [-0.05, 0) is 12.5 Å². The molecule has 1 aromatic heterocycles. The van der Waals surface area contributed by atoms with Gasteiger partial charge in [-0.15, -0.1) is 10.2 Å². The molecular formula is C16H19N3O2S. The van der Waals surface area contributed by atoms with E-state index in [4.69, 9.17) is 0 Å². The minimum atomic E-state index is -0.308. The summed E-state index contributed by atoms with van der Waals surface area (Å²) in [6.07, 6.45) is 0. The fraction of sp³-hybridized carbons (Fsp3) is 0.375.